The van der Waals surface area contributed by atoms with E-state index >= 15 is 0 Å². The molecule has 28 heavy (non-hydrogen) atoms. The number of hydrogen-bond acceptors (Lipinski definition) is 2. The smallest absolute Gasteiger partial charge is 0.141 e. The Labute approximate surface area is 165 Å². The van der Waals surface area contributed by atoms with E-state index < -0.39 is 0 Å². The normalized spacial score (nSPS) is 11.5. The second-order valence-electron chi connectivity index (χ2n) is 7.48. The Kier molecular flexibility index (Phi) is 3.98. The first-order valence-corrected chi connectivity index (χ1v) is 9.77. The summed E-state index contributed by atoms with van der Waals surface area (Å²) < 4.78 is 0. The van der Waals surface area contributed by atoms with Gasteiger partial charge in [-0.2, -0.15) is 0 Å². The second-order valence-corrected chi connectivity index (χ2v) is 7.48. The van der Waals surface area contributed by atoms with Crippen LogP contribution in [0.25, 0.3) is 32.3 Å². The summed E-state index contributed by atoms with van der Waals surface area (Å²) in [6.07, 6.45) is 1.91. The highest BCUT2D eigenvalue weighted by molar-refractivity contribution is 6.14. The van der Waals surface area contributed by atoms with E-state index in [0.29, 0.717) is 0 Å². The number of rotatable bonds is 3. The molecule has 4 aromatic carbocycles. The van der Waals surface area contributed by atoms with Gasteiger partial charge in [-0.25, -0.2) is 4.98 Å². The summed E-state index contributed by atoms with van der Waals surface area (Å²) in [6, 6.07) is 30.4. The van der Waals surface area contributed by atoms with Crippen LogP contribution in [0.15, 0.2) is 91.1 Å². The van der Waals surface area contributed by atoms with Crippen molar-refractivity contribution in [2.24, 2.45) is 0 Å². The van der Waals surface area contributed by atoms with Crippen LogP contribution in [0, 0.1) is 0 Å². The fourth-order valence-electron chi connectivity index (χ4n) is 4.17. The molecule has 0 saturated carbocycles. The lowest BCUT2D eigenvalue weighted by molar-refractivity contribution is 0.783. The van der Waals surface area contributed by atoms with Crippen LogP contribution in [0.1, 0.15) is 13.8 Å². The van der Waals surface area contributed by atoms with Gasteiger partial charge in [0.2, 0.25) is 0 Å². The summed E-state index contributed by atoms with van der Waals surface area (Å²) in [6.45, 7) is 4.46. The van der Waals surface area contributed by atoms with E-state index in [-0.39, 0.29) is 6.04 Å². The van der Waals surface area contributed by atoms with Crippen LogP contribution in [-0.4, -0.2) is 11.0 Å². The van der Waals surface area contributed by atoms with Gasteiger partial charge in [0.25, 0.3) is 0 Å². The highest BCUT2D eigenvalue weighted by atomic mass is 15.2. The van der Waals surface area contributed by atoms with Gasteiger partial charge in [-0.05, 0) is 47.5 Å². The molecule has 0 aliphatic carbocycles. The zero-order valence-corrected chi connectivity index (χ0v) is 16.1. The molecule has 5 rings (SSSR count). The van der Waals surface area contributed by atoms with Crippen molar-refractivity contribution in [1.29, 1.82) is 0 Å². The molecule has 0 aliphatic rings. The summed E-state index contributed by atoms with van der Waals surface area (Å²) >= 11 is 0. The molecule has 0 atom stereocenters. The summed E-state index contributed by atoms with van der Waals surface area (Å²) in [5, 5.41) is 7.46. The largest absolute Gasteiger partial charge is 0.323 e. The molecule has 0 amide bonds. The standard InChI is InChI=1S/C26H22N2/c1-18(2)28(26-22-12-6-3-9-19(22)15-16-27-26)25-17-20-10-4-5-11-21(20)23-13-7-8-14-24(23)25/h3-18H,1-2H3. The third-order valence-electron chi connectivity index (χ3n) is 5.40. The molecule has 0 aliphatic heterocycles. The average molecular weight is 362 g/mol. The monoisotopic (exact) mass is 362 g/mol. The third kappa shape index (κ3) is 2.61. The number of benzene rings is 4. The van der Waals surface area contributed by atoms with Crippen LogP contribution in [0.4, 0.5) is 11.5 Å². The summed E-state index contributed by atoms with van der Waals surface area (Å²) in [5.74, 6) is 1.01. The van der Waals surface area contributed by atoms with Crippen molar-refractivity contribution in [2.45, 2.75) is 19.9 Å². The molecule has 0 fully saturated rings. The average Bonchev–Trinajstić information content (AvgIpc) is 2.74. The Morgan fingerprint density at radius 3 is 2.00 bits per heavy atom. The van der Waals surface area contributed by atoms with Crippen LogP contribution in [0.3, 0.4) is 0 Å². The Morgan fingerprint density at radius 1 is 0.643 bits per heavy atom. The van der Waals surface area contributed by atoms with E-state index in [1.54, 1.807) is 0 Å². The van der Waals surface area contributed by atoms with Crippen molar-refractivity contribution < 1.29 is 0 Å². The van der Waals surface area contributed by atoms with E-state index in [1.165, 1.54) is 38.0 Å². The Balaban J connectivity index is 1.87. The number of pyridine rings is 1. The lowest BCUT2D eigenvalue weighted by Gasteiger charge is -2.30. The Bertz CT molecular complexity index is 1300. The van der Waals surface area contributed by atoms with Gasteiger partial charge in [0.05, 0.1) is 5.69 Å². The molecule has 0 saturated heterocycles. The first kappa shape index (κ1) is 16.8. The maximum absolute atomic E-state index is 4.82. The quantitative estimate of drug-likeness (QED) is 0.319. The lowest BCUT2D eigenvalue weighted by Crippen LogP contribution is -2.26. The third-order valence-corrected chi connectivity index (χ3v) is 5.40. The molecule has 0 spiro atoms. The molecule has 1 heterocycles. The predicted molar refractivity (Wildman–Crippen MR) is 120 cm³/mol. The highest BCUT2D eigenvalue weighted by Gasteiger charge is 2.20. The van der Waals surface area contributed by atoms with E-state index in [4.69, 9.17) is 4.98 Å². The van der Waals surface area contributed by atoms with Crippen molar-refractivity contribution in [3.05, 3.63) is 91.1 Å². The number of fused-ring (bicyclic) bond motifs is 4. The lowest BCUT2D eigenvalue weighted by atomic mass is 9.99. The van der Waals surface area contributed by atoms with Gasteiger partial charge in [-0.3, -0.25) is 0 Å². The first-order chi connectivity index (χ1) is 13.7. The molecule has 2 nitrogen and oxygen atoms in total. The fourth-order valence-corrected chi connectivity index (χ4v) is 4.17. The molecule has 5 aromatic rings. The van der Waals surface area contributed by atoms with Crippen LogP contribution in [0.2, 0.25) is 0 Å². The number of hydrogen-bond donors (Lipinski definition) is 0. The zero-order chi connectivity index (χ0) is 19.1. The molecular formula is C26H22N2. The zero-order valence-electron chi connectivity index (χ0n) is 16.1. The molecule has 1 aromatic heterocycles. The number of aromatic nitrogens is 1. The van der Waals surface area contributed by atoms with Gasteiger partial charge in [-0.1, -0.05) is 72.8 Å². The summed E-state index contributed by atoms with van der Waals surface area (Å²) in [7, 11) is 0. The number of nitrogens with zero attached hydrogens (tertiary/aromatic N) is 2. The summed E-state index contributed by atoms with van der Waals surface area (Å²) in [4.78, 5) is 7.19. The molecule has 0 unspecified atom stereocenters. The molecular weight excluding hydrogens is 340 g/mol. The molecule has 0 radical (unpaired) electrons. The van der Waals surface area contributed by atoms with Crippen LogP contribution >= 0.6 is 0 Å². The van der Waals surface area contributed by atoms with Crippen molar-refractivity contribution in [2.75, 3.05) is 4.90 Å². The topological polar surface area (TPSA) is 16.1 Å². The minimum atomic E-state index is 0.267. The molecule has 0 N–H and O–H groups in total. The SMILES string of the molecule is CC(C)N(c1nccc2ccccc12)c1cc2ccccc2c2ccccc12. The predicted octanol–water partition coefficient (Wildman–Crippen LogP) is 7.09. The number of anilines is 2. The van der Waals surface area contributed by atoms with Gasteiger partial charge in [0.1, 0.15) is 5.82 Å². The maximum atomic E-state index is 4.82. The van der Waals surface area contributed by atoms with Crippen molar-refractivity contribution in [1.82, 2.24) is 4.98 Å². The van der Waals surface area contributed by atoms with Gasteiger partial charge in [0, 0.05) is 23.0 Å². The Morgan fingerprint density at radius 2 is 1.25 bits per heavy atom. The Hall–Kier alpha value is -3.39. The molecule has 0 bridgehead atoms. The van der Waals surface area contributed by atoms with Crippen molar-refractivity contribution in [3.63, 3.8) is 0 Å². The van der Waals surface area contributed by atoms with Crippen LogP contribution in [0.5, 0.6) is 0 Å². The summed E-state index contributed by atoms with van der Waals surface area (Å²) in [5.41, 5.74) is 1.20. The van der Waals surface area contributed by atoms with Crippen LogP contribution in [-0.2, 0) is 0 Å². The van der Waals surface area contributed by atoms with E-state index in [1.807, 2.05) is 6.20 Å². The minimum absolute atomic E-state index is 0.267. The van der Waals surface area contributed by atoms with Crippen molar-refractivity contribution >= 4 is 43.8 Å². The molecule has 2 heteroatoms. The fraction of sp³-hybridized carbons (Fsp3) is 0.115. The first-order valence-electron chi connectivity index (χ1n) is 9.77. The van der Waals surface area contributed by atoms with Gasteiger partial charge in [0.15, 0.2) is 0 Å². The van der Waals surface area contributed by atoms with Crippen LogP contribution < -0.4 is 4.90 Å². The second kappa shape index (κ2) is 6.65. The van der Waals surface area contributed by atoms with E-state index in [9.17, 15) is 0 Å². The van der Waals surface area contributed by atoms with Gasteiger partial charge in [-0.15, -0.1) is 0 Å². The molecule has 136 valence electrons. The maximum Gasteiger partial charge on any atom is 0.141 e. The van der Waals surface area contributed by atoms with Gasteiger partial charge < -0.3 is 4.90 Å². The van der Waals surface area contributed by atoms with E-state index in [2.05, 4.69) is 104 Å². The van der Waals surface area contributed by atoms with Crippen molar-refractivity contribution in [3.8, 4) is 0 Å². The van der Waals surface area contributed by atoms with Gasteiger partial charge >= 0.3 is 0 Å². The van der Waals surface area contributed by atoms with E-state index in [0.717, 1.165) is 5.82 Å². The minimum Gasteiger partial charge on any atom is -0.323 e. The highest BCUT2D eigenvalue weighted by Crippen LogP contribution is 2.39.